The Kier molecular flexibility index (Phi) is 7.77. The van der Waals surface area contributed by atoms with Gasteiger partial charge in [-0.1, -0.05) is 35.1 Å². The van der Waals surface area contributed by atoms with E-state index in [1.807, 2.05) is 0 Å². The third-order valence-electron chi connectivity index (χ3n) is 4.76. The van der Waals surface area contributed by atoms with Crippen LogP contribution in [0.15, 0.2) is 47.4 Å². The summed E-state index contributed by atoms with van der Waals surface area (Å²) in [6.45, 7) is 2.34. The maximum absolute atomic E-state index is 14.4. The molecule has 1 N–H and O–H groups in total. The number of halogens is 3. The van der Waals surface area contributed by atoms with E-state index >= 15 is 0 Å². The van der Waals surface area contributed by atoms with E-state index in [-0.39, 0.29) is 32.2 Å². The van der Waals surface area contributed by atoms with Gasteiger partial charge in [-0.15, -0.1) is 0 Å². The molecule has 0 aliphatic rings. The van der Waals surface area contributed by atoms with Crippen molar-refractivity contribution in [1.82, 2.24) is 4.98 Å². The van der Waals surface area contributed by atoms with Crippen LogP contribution in [0.2, 0.25) is 4.34 Å². The predicted molar refractivity (Wildman–Crippen MR) is 125 cm³/mol. The number of esters is 1. The first-order valence-electron chi connectivity index (χ1n) is 9.84. The molecule has 0 aliphatic heterocycles. The Labute approximate surface area is 208 Å². The maximum Gasteiger partial charge on any atom is 0.303 e. The van der Waals surface area contributed by atoms with Crippen molar-refractivity contribution < 1.29 is 36.3 Å². The summed E-state index contributed by atoms with van der Waals surface area (Å²) in [4.78, 5) is 28.5. The summed E-state index contributed by atoms with van der Waals surface area (Å²) in [5.41, 5.74) is -1.52. The van der Waals surface area contributed by atoms with E-state index in [1.165, 1.54) is 38.1 Å². The van der Waals surface area contributed by atoms with E-state index in [1.54, 1.807) is 0 Å². The Morgan fingerprint density at radius 1 is 1.17 bits per heavy atom. The van der Waals surface area contributed by atoms with Gasteiger partial charge in [0.15, 0.2) is 26.5 Å². The van der Waals surface area contributed by atoms with Gasteiger partial charge in [-0.25, -0.2) is 22.2 Å². The standard InChI is InChI=1S/C22H19ClF2N2O6S2/c1-12(28)32-11-17-19(23)34-21(26-17)27-20(29)22(2,33-18-9-6-14(24)10-16(18)25)13-4-7-15(8-5-13)35(3,30)31/h4-10H,11H2,1-3H3,(H,26,27,29). The minimum atomic E-state index is -3.52. The molecule has 0 bridgehead atoms. The van der Waals surface area contributed by atoms with Gasteiger partial charge in [-0.05, 0) is 31.2 Å². The molecule has 0 saturated heterocycles. The van der Waals surface area contributed by atoms with Crippen LogP contribution in [0.3, 0.4) is 0 Å². The number of carbonyl (C=O) groups excluding carboxylic acids is 2. The lowest BCUT2D eigenvalue weighted by atomic mass is 9.94. The van der Waals surface area contributed by atoms with Crippen LogP contribution >= 0.6 is 22.9 Å². The number of amides is 1. The second-order valence-corrected chi connectivity index (χ2v) is 11.1. The van der Waals surface area contributed by atoms with Gasteiger partial charge in [0.1, 0.15) is 22.5 Å². The number of hydrogen-bond acceptors (Lipinski definition) is 8. The summed E-state index contributed by atoms with van der Waals surface area (Å²) in [7, 11) is -3.52. The fourth-order valence-electron chi connectivity index (χ4n) is 2.90. The number of benzene rings is 2. The highest BCUT2D eigenvalue weighted by molar-refractivity contribution is 7.90. The van der Waals surface area contributed by atoms with Gasteiger partial charge in [-0.3, -0.25) is 14.9 Å². The molecule has 13 heteroatoms. The van der Waals surface area contributed by atoms with Crippen LogP contribution in [0.5, 0.6) is 5.75 Å². The van der Waals surface area contributed by atoms with Crippen molar-refractivity contribution in [2.75, 3.05) is 11.6 Å². The number of hydrogen-bond donors (Lipinski definition) is 1. The second kappa shape index (κ2) is 10.3. The molecule has 1 heterocycles. The van der Waals surface area contributed by atoms with Gasteiger partial charge < -0.3 is 9.47 Å². The number of aromatic nitrogens is 1. The van der Waals surface area contributed by atoms with Gasteiger partial charge >= 0.3 is 5.97 Å². The molecular weight excluding hydrogens is 526 g/mol. The molecule has 1 atom stereocenters. The van der Waals surface area contributed by atoms with E-state index in [4.69, 9.17) is 21.1 Å². The second-order valence-electron chi connectivity index (χ2n) is 7.48. The zero-order valence-corrected chi connectivity index (χ0v) is 21.0. The summed E-state index contributed by atoms with van der Waals surface area (Å²) >= 11 is 7.00. The number of thiazole rings is 1. The minimum Gasteiger partial charge on any atom is -0.470 e. The fraction of sp³-hybridized carbons (Fsp3) is 0.227. The number of anilines is 1. The van der Waals surface area contributed by atoms with Crippen LogP contribution in [-0.2, 0) is 36.4 Å². The van der Waals surface area contributed by atoms with Gasteiger partial charge in [0.2, 0.25) is 5.60 Å². The summed E-state index contributed by atoms with van der Waals surface area (Å²) in [5, 5.41) is 2.58. The Morgan fingerprint density at radius 2 is 1.83 bits per heavy atom. The Hall–Kier alpha value is -3.09. The predicted octanol–water partition coefficient (Wildman–Crippen LogP) is 4.47. The van der Waals surface area contributed by atoms with Crippen LogP contribution in [-0.4, -0.2) is 31.5 Å². The van der Waals surface area contributed by atoms with Crippen molar-refractivity contribution in [3.63, 3.8) is 0 Å². The smallest absolute Gasteiger partial charge is 0.303 e. The number of rotatable bonds is 8. The molecule has 0 radical (unpaired) electrons. The molecule has 0 fully saturated rings. The van der Waals surface area contributed by atoms with Crippen molar-refractivity contribution in [1.29, 1.82) is 0 Å². The van der Waals surface area contributed by atoms with Crippen LogP contribution in [0.4, 0.5) is 13.9 Å². The maximum atomic E-state index is 14.4. The monoisotopic (exact) mass is 544 g/mol. The number of nitrogens with zero attached hydrogens (tertiary/aromatic N) is 1. The molecular formula is C22H19ClF2N2O6S2. The van der Waals surface area contributed by atoms with Gasteiger partial charge in [0.25, 0.3) is 5.91 Å². The van der Waals surface area contributed by atoms with Crippen molar-refractivity contribution in [2.24, 2.45) is 0 Å². The molecule has 1 aromatic heterocycles. The Morgan fingerprint density at radius 3 is 2.40 bits per heavy atom. The van der Waals surface area contributed by atoms with E-state index in [2.05, 4.69) is 10.3 Å². The molecule has 0 saturated carbocycles. The average Bonchev–Trinajstić information content (AvgIpc) is 3.12. The lowest BCUT2D eigenvalue weighted by Crippen LogP contribution is -2.43. The zero-order chi connectivity index (χ0) is 26.0. The van der Waals surface area contributed by atoms with Crippen molar-refractivity contribution in [3.8, 4) is 5.75 Å². The lowest BCUT2D eigenvalue weighted by Gasteiger charge is -2.30. The molecule has 35 heavy (non-hydrogen) atoms. The van der Waals surface area contributed by atoms with Gasteiger partial charge in [0, 0.05) is 24.8 Å². The SMILES string of the molecule is CC(=O)OCc1nc(NC(=O)C(C)(Oc2ccc(F)cc2F)c2ccc(S(C)(=O)=O)cc2)sc1Cl. The summed E-state index contributed by atoms with van der Waals surface area (Å²) in [6.07, 6.45) is 1.03. The number of sulfone groups is 1. The topological polar surface area (TPSA) is 112 Å². The van der Waals surface area contributed by atoms with Gasteiger partial charge in [-0.2, -0.15) is 0 Å². The van der Waals surface area contributed by atoms with Crippen LogP contribution in [0, 0.1) is 11.6 Å². The highest BCUT2D eigenvalue weighted by Crippen LogP contribution is 2.34. The largest absolute Gasteiger partial charge is 0.470 e. The first-order valence-corrected chi connectivity index (χ1v) is 12.9. The first kappa shape index (κ1) is 26.5. The average molecular weight is 545 g/mol. The van der Waals surface area contributed by atoms with Crippen LogP contribution in [0.1, 0.15) is 25.1 Å². The van der Waals surface area contributed by atoms with E-state index in [0.29, 0.717) is 6.07 Å². The molecule has 186 valence electrons. The third-order valence-corrected chi connectivity index (χ3v) is 7.14. The van der Waals surface area contributed by atoms with Crippen molar-refractivity contribution in [2.45, 2.75) is 31.0 Å². The first-order chi connectivity index (χ1) is 16.3. The molecule has 0 spiro atoms. The molecule has 3 rings (SSSR count). The lowest BCUT2D eigenvalue weighted by molar-refractivity contribution is -0.142. The number of carbonyl (C=O) groups is 2. The molecule has 2 aromatic carbocycles. The number of ether oxygens (including phenoxy) is 2. The molecule has 1 unspecified atom stereocenters. The van der Waals surface area contributed by atoms with Crippen molar-refractivity contribution >= 4 is 49.8 Å². The van der Waals surface area contributed by atoms with E-state index < -0.39 is 44.7 Å². The summed E-state index contributed by atoms with van der Waals surface area (Å²) in [6, 6.07) is 7.83. The molecule has 8 nitrogen and oxygen atoms in total. The van der Waals surface area contributed by atoms with E-state index in [9.17, 15) is 26.8 Å². The number of nitrogens with one attached hydrogen (secondary N) is 1. The van der Waals surface area contributed by atoms with Crippen LogP contribution < -0.4 is 10.1 Å². The molecule has 3 aromatic rings. The third kappa shape index (κ3) is 6.32. The Balaban J connectivity index is 1.98. The molecule has 0 aliphatic carbocycles. The molecule has 1 amide bonds. The summed E-state index contributed by atoms with van der Waals surface area (Å²) < 4.78 is 62.1. The Bertz CT molecular complexity index is 1380. The van der Waals surface area contributed by atoms with Crippen molar-refractivity contribution in [3.05, 3.63) is 69.7 Å². The fourth-order valence-corrected chi connectivity index (χ4v) is 4.53. The minimum absolute atomic E-state index is 0.00112. The summed E-state index contributed by atoms with van der Waals surface area (Å²) in [5.74, 6) is -3.64. The van der Waals surface area contributed by atoms with Gasteiger partial charge in [0.05, 0.1) is 4.90 Å². The zero-order valence-electron chi connectivity index (χ0n) is 18.6. The quantitative estimate of drug-likeness (QED) is 0.416. The van der Waals surface area contributed by atoms with Crippen LogP contribution in [0.25, 0.3) is 0 Å². The normalized spacial score (nSPS) is 13.1. The highest BCUT2D eigenvalue weighted by atomic mass is 35.5. The highest BCUT2D eigenvalue weighted by Gasteiger charge is 2.39. The van der Waals surface area contributed by atoms with E-state index in [0.717, 1.165) is 29.7 Å².